The summed E-state index contributed by atoms with van der Waals surface area (Å²) in [5, 5.41) is 31.5. The number of carbonyl (C=O) groups is 1. The Balaban J connectivity index is 0.000000285. The molecule has 54 heavy (non-hydrogen) atoms. The van der Waals surface area contributed by atoms with Crippen LogP contribution in [0.2, 0.25) is 0 Å². The van der Waals surface area contributed by atoms with Gasteiger partial charge in [-0.05, 0) is 101 Å². The third kappa shape index (κ3) is 11.0. The molecule has 1 aromatic heterocycles. The second-order valence-corrected chi connectivity index (χ2v) is 14.2. The minimum absolute atomic E-state index is 0. The summed E-state index contributed by atoms with van der Waals surface area (Å²) in [4.78, 5) is 13.2. The Labute approximate surface area is 328 Å². The Morgan fingerprint density at radius 2 is 1.63 bits per heavy atom. The number of amidine groups is 1. The third-order valence-corrected chi connectivity index (χ3v) is 9.73. The summed E-state index contributed by atoms with van der Waals surface area (Å²) >= 11 is 1.54. The first-order chi connectivity index (χ1) is 25.0. The molecule has 282 valence electrons. The van der Waals surface area contributed by atoms with Crippen LogP contribution >= 0.6 is 23.7 Å². The number of nitrogens with two attached hydrogens (primary N) is 1. The van der Waals surface area contributed by atoms with Gasteiger partial charge in [0.05, 0.1) is 4.88 Å². The van der Waals surface area contributed by atoms with E-state index in [2.05, 4.69) is 29.6 Å². The van der Waals surface area contributed by atoms with Crippen molar-refractivity contribution in [3.63, 3.8) is 0 Å². The van der Waals surface area contributed by atoms with Crippen LogP contribution in [0, 0.1) is 16.7 Å². The smallest absolute Gasteiger partial charge is 0.261 e. The average molecular weight is 765 g/mol. The van der Waals surface area contributed by atoms with E-state index in [1.54, 1.807) is 6.08 Å². The van der Waals surface area contributed by atoms with Gasteiger partial charge >= 0.3 is 0 Å². The molecule has 1 aliphatic rings. The molecular formula is C44H49ClN4O4S. The van der Waals surface area contributed by atoms with Gasteiger partial charge < -0.3 is 25.6 Å². The van der Waals surface area contributed by atoms with Crippen molar-refractivity contribution in [3.05, 3.63) is 129 Å². The van der Waals surface area contributed by atoms with Crippen LogP contribution in [0.5, 0.6) is 17.2 Å². The minimum Gasteiger partial charge on any atom is -0.507 e. The maximum Gasteiger partial charge on any atom is 0.261 e. The number of rotatable bonds is 11. The summed E-state index contributed by atoms with van der Waals surface area (Å²) in [6.45, 7) is 8.84. The highest BCUT2D eigenvalue weighted by Crippen LogP contribution is 2.36. The van der Waals surface area contributed by atoms with Crippen LogP contribution in [0.3, 0.4) is 0 Å². The molecule has 0 atom stereocenters. The highest BCUT2D eigenvalue weighted by molar-refractivity contribution is 7.20. The van der Waals surface area contributed by atoms with Crippen LogP contribution in [0.15, 0.2) is 90.5 Å². The molecule has 1 amide bonds. The van der Waals surface area contributed by atoms with Crippen LogP contribution in [0.4, 0.5) is 0 Å². The molecule has 5 aromatic rings. The molecule has 0 spiro atoms. The van der Waals surface area contributed by atoms with E-state index in [1.807, 2.05) is 107 Å². The first kappa shape index (κ1) is 42.8. The summed E-state index contributed by atoms with van der Waals surface area (Å²) in [6, 6.07) is 29.8. The van der Waals surface area contributed by atoms with Crippen molar-refractivity contribution in [2.24, 2.45) is 5.73 Å². The first-order valence-corrected chi connectivity index (χ1v) is 18.1. The fourth-order valence-corrected chi connectivity index (χ4v) is 6.74. The van der Waals surface area contributed by atoms with Crippen LogP contribution in [0.25, 0.3) is 28.3 Å². The Morgan fingerprint density at radius 1 is 0.944 bits per heavy atom. The topological polar surface area (TPSA) is 141 Å². The predicted molar refractivity (Wildman–Crippen MR) is 226 cm³/mol. The minimum atomic E-state index is -0.370. The lowest BCUT2D eigenvalue weighted by Crippen LogP contribution is -2.25. The van der Waals surface area contributed by atoms with Gasteiger partial charge in [-0.25, -0.2) is 0 Å². The standard InChI is InChI=1S/C25H30N2O2.C18H14N2O2S.CH4.ClH/c1-17(2)22-14-20(15-23(18(3)4)24(22)28)13-21(16-26)25(29)27-12-8-11-19-9-6-5-7-10-19;19-18(20)17-9-13-12(2-1-3-16(13)23-17)6-4-11-5-7-14-15(8-11)22-10-21-14;;/h5-7,9-10,13-15,17-18,28H,8,11-12H2,1-4H3,(H,27,29);1-9H,10H2,(H3,19,20);1H4;1H/b21-13+;6-4+;;. The van der Waals surface area contributed by atoms with Gasteiger partial charge in [-0.2, -0.15) is 5.26 Å². The maximum absolute atomic E-state index is 12.4. The maximum atomic E-state index is 12.4. The normalized spacial score (nSPS) is 11.8. The van der Waals surface area contributed by atoms with Gasteiger partial charge in [-0.1, -0.05) is 95.8 Å². The highest BCUT2D eigenvalue weighted by Gasteiger charge is 2.16. The molecule has 0 radical (unpaired) electrons. The number of halogens is 1. The number of hydrogen-bond acceptors (Lipinski definition) is 7. The number of ether oxygens (including phenoxy) is 2. The van der Waals surface area contributed by atoms with Gasteiger partial charge in [-0.3, -0.25) is 10.2 Å². The Kier molecular flexibility index (Phi) is 15.9. The fourth-order valence-electron chi connectivity index (χ4n) is 5.78. The van der Waals surface area contributed by atoms with Gasteiger partial charge in [-0.15, -0.1) is 23.7 Å². The van der Waals surface area contributed by atoms with E-state index in [0.717, 1.165) is 67.1 Å². The quantitative estimate of drug-likeness (QED) is 0.0263. The molecule has 1 aliphatic heterocycles. The summed E-state index contributed by atoms with van der Waals surface area (Å²) in [5.74, 6) is 1.88. The van der Waals surface area contributed by atoms with E-state index in [0.29, 0.717) is 12.3 Å². The number of nitrogen functional groups attached to an aromatic ring is 1. The van der Waals surface area contributed by atoms with E-state index in [1.165, 1.54) is 16.9 Å². The lowest BCUT2D eigenvalue weighted by Gasteiger charge is -2.16. The number of phenols is 1. The van der Waals surface area contributed by atoms with Gasteiger partial charge in [0.2, 0.25) is 6.79 Å². The van der Waals surface area contributed by atoms with E-state index in [9.17, 15) is 15.2 Å². The molecule has 4 aromatic carbocycles. The van der Waals surface area contributed by atoms with E-state index < -0.39 is 0 Å². The van der Waals surface area contributed by atoms with E-state index in [-0.39, 0.29) is 55.8 Å². The third-order valence-electron chi connectivity index (χ3n) is 8.59. The molecule has 2 heterocycles. The molecule has 0 saturated heterocycles. The second kappa shape index (κ2) is 20.0. The first-order valence-electron chi connectivity index (χ1n) is 17.3. The Morgan fingerprint density at radius 3 is 2.28 bits per heavy atom. The molecule has 0 bridgehead atoms. The van der Waals surface area contributed by atoms with Crippen molar-refractivity contribution in [2.45, 2.75) is 59.8 Å². The molecule has 0 fully saturated rings. The van der Waals surface area contributed by atoms with Crippen molar-refractivity contribution in [2.75, 3.05) is 13.3 Å². The Hall–Kier alpha value is -5.56. The largest absolute Gasteiger partial charge is 0.507 e. The molecule has 10 heteroatoms. The zero-order valence-corrected chi connectivity index (χ0v) is 31.9. The number of aryl methyl sites for hydroxylation is 1. The highest BCUT2D eigenvalue weighted by atomic mass is 35.5. The van der Waals surface area contributed by atoms with Gasteiger partial charge in [0.1, 0.15) is 23.2 Å². The monoisotopic (exact) mass is 764 g/mol. The number of thiophene rings is 1. The number of nitrogens with one attached hydrogen (secondary N) is 2. The number of nitrogens with zero attached hydrogens (tertiary/aromatic N) is 1. The number of aromatic hydroxyl groups is 1. The zero-order valence-electron chi connectivity index (χ0n) is 30.3. The second-order valence-electron chi connectivity index (χ2n) is 13.1. The van der Waals surface area contributed by atoms with Crippen LogP contribution < -0.4 is 20.5 Å². The number of nitriles is 1. The predicted octanol–water partition coefficient (Wildman–Crippen LogP) is 10.4. The summed E-state index contributed by atoms with van der Waals surface area (Å²) in [5.41, 5.74) is 11.4. The molecule has 0 unspecified atom stereocenters. The van der Waals surface area contributed by atoms with Gasteiger partial charge in [0, 0.05) is 16.6 Å². The molecule has 0 saturated carbocycles. The molecule has 0 aliphatic carbocycles. The van der Waals surface area contributed by atoms with Gasteiger partial charge in [0.25, 0.3) is 5.91 Å². The summed E-state index contributed by atoms with van der Waals surface area (Å²) < 4.78 is 11.8. The van der Waals surface area contributed by atoms with Crippen molar-refractivity contribution in [3.8, 4) is 23.3 Å². The van der Waals surface area contributed by atoms with Crippen LogP contribution in [-0.4, -0.2) is 30.2 Å². The number of hydrogen-bond donors (Lipinski definition) is 4. The lowest BCUT2D eigenvalue weighted by atomic mass is 9.91. The number of phenolic OH excluding ortho intramolecular Hbond substituents is 1. The van der Waals surface area contributed by atoms with Crippen LogP contribution in [-0.2, 0) is 11.2 Å². The Bertz CT molecular complexity index is 2140. The molecule has 8 nitrogen and oxygen atoms in total. The number of benzene rings is 4. The average Bonchev–Trinajstić information content (AvgIpc) is 3.80. The van der Waals surface area contributed by atoms with Crippen molar-refractivity contribution < 1.29 is 19.4 Å². The number of carbonyl (C=O) groups excluding carboxylic acids is 1. The van der Waals surface area contributed by atoms with E-state index in [4.69, 9.17) is 20.6 Å². The van der Waals surface area contributed by atoms with Crippen molar-refractivity contribution in [1.29, 1.82) is 10.7 Å². The van der Waals surface area contributed by atoms with Crippen molar-refractivity contribution in [1.82, 2.24) is 5.32 Å². The van der Waals surface area contributed by atoms with Gasteiger partial charge in [0.15, 0.2) is 11.5 Å². The number of fused-ring (bicyclic) bond motifs is 2. The van der Waals surface area contributed by atoms with Crippen molar-refractivity contribution >= 4 is 63.8 Å². The van der Waals surface area contributed by atoms with E-state index >= 15 is 0 Å². The summed E-state index contributed by atoms with van der Waals surface area (Å²) in [6.07, 6.45) is 7.39. The van der Waals surface area contributed by atoms with Crippen LogP contribution in [0.1, 0.15) is 91.6 Å². The summed E-state index contributed by atoms with van der Waals surface area (Å²) in [7, 11) is 0. The zero-order chi connectivity index (χ0) is 37.2. The number of amides is 1. The molecular weight excluding hydrogens is 716 g/mol. The lowest BCUT2D eigenvalue weighted by molar-refractivity contribution is -0.117. The molecule has 5 N–H and O–H groups in total. The fraction of sp³-hybridized carbons (Fsp3) is 0.250. The molecule has 6 rings (SSSR count). The SMILES string of the molecule is C.CC(C)c1cc(/C=C(\C#N)C(=O)NCCCc2ccccc2)cc(C(C)C)c1O.Cl.N=C(N)c1cc2c(/C=C/c3ccc4c(c3)OCO4)cccc2s1.